The van der Waals surface area contributed by atoms with Crippen molar-refractivity contribution in [2.45, 2.75) is 44.9 Å². The second-order valence-electron chi connectivity index (χ2n) is 6.26. The summed E-state index contributed by atoms with van der Waals surface area (Å²) in [6.07, 6.45) is 9.93. The van der Waals surface area contributed by atoms with Crippen LogP contribution < -0.4 is 0 Å². The Morgan fingerprint density at radius 3 is 2.32 bits per heavy atom. The van der Waals surface area contributed by atoms with Gasteiger partial charge in [0.1, 0.15) is 11.6 Å². The molecule has 0 atom stereocenters. The smallest absolute Gasteiger partial charge is 0.308 e. The van der Waals surface area contributed by atoms with Gasteiger partial charge in [0.15, 0.2) is 6.29 Å². The molecule has 2 fully saturated rings. The topological polar surface area (TPSA) is 101 Å². The van der Waals surface area contributed by atoms with E-state index < -0.39 is 10.2 Å². The minimum Gasteiger partial charge on any atom is -0.340 e. The van der Waals surface area contributed by atoms with Crippen LogP contribution in [0.1, 0.15) is 67.1 Å². The van der Waals surface area contributed by atoms with E-state index in [1.807, 2.05) is 0 Å². The molecule has 2 aliphatic rings. The first-order chi connectivity index (χ1) is 11.4. The van der Waals surface area contributed by atoms with Crippen molar-refractivity contribution in [1.29, 1.82) is 0 Å². The third kappa shape index (κ3) is 4.35. The van der Waals surface area contributed by atoms with Gasteiger partial charge in [-0.3, -0.25) is 4.79 Å². The second-order valence-corrected chi connectivity index (χ2v) is 8.28. The number of nitrogens with zero attached hydrogens (tertiary/aromatic N) is 4. The molecule has 0 unspecified atom stereocenters. The van der Waals surface area contributed by atoms with Crippen molar-refractivity contribution >= 4 is 16.5 Å². The zero-order valence-electron chi connectivity index (χ0n) is 13.7. The Morgan fingerprint density at radius 1 is 1.20 bits per heavy atom. The van der Waals surface area contributed by atoms with Crippen molar-refractivity contribution < 1.29 is 13.2 Å². The summed E-state index contributed by atoms with van der Waals surface area (Å²) in [6.45, 7) is 0. The van der Waals surface area contributed by atoms with Gasteiger partial charge < -0.3 is 4.98 Å². The molecule has 2 saturated carbocycles. The number of aromatic nitrogens is 4. The molecule has 2 aromatic heterocycles. The van der Waals surface area contributed by atoms with Crippen molar-refractivity contribution in [2.24, 2.45) is 0 Å². The number of hydrogen-bond donors (Lipinski definition) is 1. The van der Waals surface area contributed by atoms with Gasteiger partial charge >= 0.3 is 10.2 Å². The highest BCUT2D eigenvalue weighted by atomic mass is 32.2. The quantitative estimate of drug-likeness (QED) is 0.816. The highest BCUT2D eigenvalue weighted by Crippen LogP contribution is 2.39. The molecular formula is C16H25N5O3S. The first-order valence-electron chi connectivity index (χ1n) is 7.90. The molecule has 9 heteroatoms. The van der Waals surface area contributed by atoms with Gasteiger partial charge in [-0.1, -0.05) is 7.43 Å². The summed E-state index contributed by atoms with van der Waals surface area (Å²) in [5, 5.41) is 0. The van der Waals surface area contributed by atoms with Crippen LogP contribution in [0.3, 0.4) is 0 Å². The number of aromatic amines is 1. The Balaban J connectivity index is 0.000000182. The fraction of sp³-hybridized carbons (Fsp3) is 0.562. The van der Waals surface area contributed by atoms with Gasteiger partial charge in [0, 0.05) is 38.3 Å². The maximum absolute atomic E-state index is 11.8. The summed E-state index contributed by atoms with van der Waals surface area (Å²) in [6, 6.07) is 0. The predicted octanol–water partition coefficient (Wildman–Crippen LogP) is 2.15. The van der Waals surface area contributed by atoms with Crippen LogP contribution in [0.15, 0.2) is 18.6 Å². The lowest BCUT2D eigenvalue weighted by molar-refractivity contribution is 0.111. The number of carbonyl (C=O) groups is 1. The number of aldehydes is 1. The van der Waals surface area contributed by atoms with E-state index in [2.05, 4.69) is 15.0 Å². The van der Waals surface area contributed by atoms with Crippen LogP contribution in [0.2, 0.25) is 0 Å². The van der Waals surface area contributed by atoms with Crippen LogP contribution in [-0.4, -0.2) is 52.0 Å². The summed E-state index contributed by atoms with van der Waals surface area (Å²) in [4.78, 5) is 21.3. The average molecular weight is 367 g/mol. The van der Waals surface area contributed by atoms with Gasteiger partial charge in [-0.15, -0.1) is 0 Å². The van der Waals surface area contributed by atoms with Gasteiger partial charge in [-0.25, -0.2) is 13.9 Å². The largest absolute Gasteiger partial charge is 0.340 e. The Morgan fingerprint density at radius 2 is 1.84 bits per heavy atom. The lowest BCUT2D eigenvalue weighted by Gasteiger charge is -2.13. The van der Waals surface area contributed by atoms with E-state index in [-0.39, 0.29) is 7.43 Å². The summed E-state index contributed by atoms with van der Waals surface area (Å²) >= 11 is 0. The summed E-state index contributed by atoms with van der Waals surface area (Å²) < 4.78 is 26.1. The molecule has 0 aliphatic heterocycles. The van der Waals surface area contributed by atoms with E-state index in [0.717, 1.165) is 25.0 Å². The van der Waals surface area contributed by atoms with Crippen LogP contribution in [0.5, 0.6) is 0 Å². The SMILES string of the molecule is C.CN(C)S(=O)(=O)n1ccnc1C1CC1.O=Cc1cnc(C2CC2)[nH]1. The van der Waals surface area contributed by atoms with E-state index in [9.17, 15) is 13.2 Å². The maximum atomic E-state index is 11.8. The van der Waals surface area contributed by atoms with Gasteiger partial charge in [-0.2, -0.15) is 12.7 Å². The van der Waals surface area contributed by atoms with Gasteiger partial charge in [0.05, 0.1) is 11.9 Å². The van der Waals surface area contributed by atoms with Crippen molar-refractivity contribution in [3.63, 3.8) is 0 Å². The van der Waals surface area contributed by atoms with Crippen LogP contribution in [0.4, 0.5) is 0 Å². The van der Waals surface area contributed by atoms with Crippen molar-refractivity contribution in [2.75, 3.05) is 14.1 Å². The van der Waals surface area contributed by atoms with Crippen LogP contribution in [0, 0.1) is 0 Å². The van der Waals surface area contributed by atoms with E-state index in [1.54, 1.807) is 6.20 Å². The average Bonchev–Trinajstić information content (AvgIpc) is 3.49. The number of hydrogen-bond acceptors (Lipinski definition) is 5. The first-order valence-corrected chi connectivity index (χ1v) is 9.29. The molecule has 138 valence electrons. The molecule has 0 saturated heterocycles. The minimum absolute atomic E-state index is 0. The van der Waals surface area contributed by atoms with Crippen LogP contribution >= 0.6 is 0 Å². The van der Waals surface area contributed by atoms with E-state index in [0.29, 0.717) is 23.4 Å². The molecule has 25 heavy (non-hydrogen) atoms. The zero-order valence-corrected chi connectivity index (χ0v) is 14.5. The van der Waals surface area contributed by atoms with Crippen molar-refractivity contribution in [1.82, 2.24) is 23.2 Å². The Kier molecular flexibility index (Phi) is 5.79. The molecule has 0 bridgehead atoms. The normalized spacial score (nSPS) is 16.8. The van der Waals surface area contributed by atoms with E-state index >= 15 is 0 Å². The fourth-order valence-electron chi connectivity index (χ4n) is 2.28. The molecule has 2 heterocycles. The fourth-order valence-corrected chi connectivity index (χ4v) is 3.27. The molecule has 0 amide bonds. The lowest BCUT2D eigenvalue weighted by atomic mass is 10.4. The number of carbonyl (C=O) groups excluding carboxylic acids is 1. The molecule has 1 N–H and O–H groups in total. The highest BCUT2D eigenvalue weighted by molar-refractivity contribution is 7.87. The second kappa shape index (κ2) is 7.49. The standard InChI is InChI=1S/C8H13N3O2S.C7H8N2O.CH4/c1-10(2)14(12,13)11-6-5-9-8(11)7-3-4-7;10-4-6-3-8-7(9-6)5-1-2-5;/h5-7H,3-4H2,1-2H3;3-5H,1-2H2,(H,8,9);1H4. The van der Waals surface area contributed by atoms with Crippen LogP contribution in [0.25, 0.3) is 0 Å². The number of imidazole rings is 2. The summed E-state index contributed by atoms with van der Waals surface area (Å²) in [5.74, 6) is 2.58. The van der Waals surface area contributed by atoms with Crippen molar-refractivity contribution in [3.05, 3.63) is 35.9 Å². The molecule has 0 aromatic carbocycles. The maximum Gasteiger partial charge on any atom is 0.308 e. The third-order valence-corrected chi connectivity index (χ3v) is 5.72. The molecule has 8 nitrogen and oxygen atoms in total. The summed E-state index contributed by atoms with van der Waals surface area (Å²) in [7, 11) is -0.342. The molecule has 4 rings (SSSR count). The molecule has 0 spiro atoms. The third-order valence-electron chi connectivity index (χ3n) is 3.99. The number of H-pyrrole nitrogens is 1. The minimum atomic E-state index is -3.38. The molecule has 2 aromatic rings. The van der Waals surface area contributed by atoms with Gasteiger partial charge in [0.2, 0.25) is 0 Å². The van der Waals surface area contributed by atoms with Gasteiger partial charge in [-0.05, 0) is 25.7 Å². The van der Waals surface area contributed by atoms with Crippen molar-refractivity contribution in [3.8, 4) is 0 Å². The lowest BCUT2D eigenvalue weighted by Crippen LogP contribution is -2.29. The Bertz CT molecular complexity index is 816. The van der Waals surface area contributed by atoms with Gasteiger partial charge in [0.25, 0.3) is 0 Å². The zero-order chi connectivity index (χ0) is 17.3. The highest BCUT2D eigenvalue weighted by Gasteiger charge is 2.31. The Labute approximate surface area is 148 Å². The molecule has 0 radical (unpaired) electrons. The number of nitrogens with one attached hydrogen (secondary N) is 1. The predicted molar refractivity (Wildman–Crippen MR) is 94.9 cm³/mol. The van der Waals surface area contributed by atoms with E-state index in [1.165, 1.54) is 47.6 Å². The summed E-state index contributed by atoms with van der Waals surface area (Å²) in [5.41, 5.74) is 0.585. The molecular weight excluding hydrogens is 342 g/mol. The van der Waals surface area contributed by atoms with Crippen LogP contribution in [-0.2, 0) is 10.2 Å². The van der Waals surface area contributed by atoms with E-state index in [4.69, 9.17) is 0 Å². The first kappa shape index (κ1) is 19.3. The number of rotatable bonds is 5. The monoisotopic (exact) mass is 367 g/mol. The molecule has 2 aliphatic carbocycles. The Hall–Kier alpha value is -2.00.